The van der Waals surface area contributed by atoms with Crippen molar-refractivity contribution < 1.29 is 0 Å². The molecule has 0 fully saturated rings. The monoisotopic (exact) mass is 241 g/mol. The lowest BCUT2D eigenvalue weighted by atomic mass is 10.3. The van der Waals surface area contributed by atoms with Crippen LogP contribution in [-0.4, -0.2) is 10.7 Å². The van der Waals surface area contributed by atoms with Gasteiger partial charge in [0.05, 0.1) is 10.6 Å². The highest BCUT2D eigenvalue weighted by Gasteiger charge is 2.07. The van der Waals surface area contributed by atoms with Crippen LogP contribution >= 0.6 is 35.3 Å². The van der Waals surface area contributed by atoms with E-state index in [4.69, 9.17) is 0 Å². The average molecular weight is 241 g/mol. The van der Waals surface area contributed by atoms with E-state index in [1.54, 1.807) is 22.7 Å². The molecule has 0 atom stereocenters. The molecule has 0 unspecified atom stereocenters. The van der Waals surface area contributed by atoms with Gasteiger partial charge in [0, 0.05) is 5.38 Å². The van der Waals surface area contributed by atoms with Crippen LogP contribution in [0.25, 0.3) is 9.88 Å². The Morgan fingerprint density at radius 2 is 2.29 bits per heavy atom. The fourth-order valence-electron chi connectivity index (χ4n) is 1.23. The minimum absolute atomic E-state index is 0.868. The molecule has 2 rings (SSSR count). The van der Waals surface area contributed by atoms with E-state index in [-0.39, 0.29) is 0 Å². The Labute approximate surface area is 97.2 Å². The Morgan fingerprint density at radius 3 is 2.93 bits per heavy atom. The van der Waals surface area contributed by atoms with Gasteiger partial charge in [-0.25, -0.2) is 4.98 Å². The maximum Gasteiger partial charge on any atom is 0.133 e. The van der Waals surface area contributed by atoms with Crippen LogP contribution in [-0.2, 0) is 6.42 Å². The second-order valence-corrected chi connectivity index (χ2v) is 5.27. The third-order valence-electron chi connectivity index (χ3n) is 1.98. The number of hydrogen-bond acceptors (Lipinski definition) is 4. The zero-order valence-corrected chi connectivity index (χ0v) is 10.4. The van der Waals surface area contributed by atoms with Gasteiger partial charge < -0.3 is 0 Å². The SMILES string of the molecule is Cc1ccsc1-c1nc(CCS)cs1. The van der Waals surface area contributed by atoms with Crippen molar-refractivity contribution in [2.24, 2.45) is 0 Å². The van der Waals surface area contributed by atoms with Gasteiger partial charge in [-0.2, -0.15) is 12.6 Å². The van der Waals surface area contributed by atoms with Gasteiger partial charge in [-0.05, 0) is 36.1 Å². The molecule has 14 heavy (non-hydrogen) atoms. The molecular formula is C10H11NS3. The summed E-state index contributed by atoms with van der Waals surface area (Å²) in [6, 6.07) is 2.14. The lowest BCUT2D eigenvalue weighted by Crippen LogP contribution is -1.85. The summed E-state index contributed by atoms with van der Waals surface area (Å²) < 4.78 is 0. The lowest BCUT2D eigenvalue weighted by molar-refractivity contribution is 1.08. The predicted octanol–water partition coefficient (Wildman–Crippen LogP) is 3.65. The summed E-state index contributed by atoms with van der Waals surface area (Å²) in [4.78, 5) is 5.89. The fourth-order valence-corrected chi connectivity index (χ4v) is 3.42. The molecule has 74 valence electrons. The molecule has 2 aromatic heterocycles. The van der Waals surface area contributed by atoms with E-state index in [1.807, 2.05) is 0 Å². The number of thiol groups is 1. The van der Waals surface area contributed by atoms with E-state index in [1.165, 1.54) is 10.4 Å². The summed E-state index contributed by atoms with van der Waals surface area (Å²) in [7, 11) is 0. The second kappa shape index (κ2) is 4.47. The van der Waals surface area contributed by atoms with E-state index in [0.717, 1.165) is 22.9 Å². The molecule has 0 N–H and O–H groups in total. The molecule has 0 radical (unpaired) electrons. The van der Waals surface area contributed by atoms with Crippen molar-refractivity contribution in [3.8, 4) is 9.88 Å². The van der Waals surface area contributed by atoms with Gasteiger partial charge in [0.15, 0.2) is 0 Å². The number of aryl methyl sites for hydroxylation is 2. The molecule has 0 saturated heterocycles. The number of aromatic nitrogens is 1. The molecule has 2 aromatic rings. The van der Waals surface area contributed by atoms with Gasteiger partial charge >= 0.3 is 0 Å². The van der Waals surface area contributed by atoms with Gasteiger partial charge in [0.25, 0.3) is 0 Å². The maximum absolute atomic E-state index is 4.58. The van der Waals surface area contributed by atoms with Crippen LogP contribution in [0.5, 0.6) is 0 Å². The van der Waals surface area contributed by atoms with Gasteiger partial charge in [0.1, 0.15) is 5.01 Å². The summed E-state index contributed by atoms with van der Waals surface area (Å²) in [5.41, 5.74) is 2.48. The molecule has 2 heterocycles. The topological polar surface area (TPSA) is 12.9 Å². The van der Waals surface area contributed by atoms with Gasteiger partial charge in [-0.15, -0.1) is 22.7 Å². The predicted molar refractivity (Wildman–Crippen MR) is 67.7 cm³/mol. The molecule has 0 bridgehead atoms. The molecule has 4 heteroatoms. The Balaban J connectivity index is 2.29. The van der Waals surface area contributed by atoms with Crippen LogP contribution in [0, 0.1) is 6.92 Å². The first-order chi connectivity index (χ1) is 6.81. The van der Waals surface area contributed by atoms with E-state index < -0.39 is 0 Å². The zero-order chi connectivity index (χ0) is 9.97. The molecule has 0 aliphatic carbocycles. The highest BCUT2D eigenvalue weighted by atomic mass is 32.1. The normalized spacial score (nSPS) is 10.7. The highest BCUT2D eigenvalue weighted by Crippen LogP contribution is 2.31. The largest absolute Gasteiger partial charge is 0.240 e. The summed E-state index contributed by atoms with van der Waals surface area (Å²) in [6.45, 7) is 2.13. The second-order valence-electron chi connectivity index (χ2n) is 3.05. The Bertz CT molecular complexity index is 416. The first-order valence-electron chi connectivity index (χ1n) is 4.41. The van der Waals surface area contributed by atoms with Crippen LogP contribution in [0.3, 0.4) is 0 Å². The average Bonchev–Trinajstić information content (AvgIpc) is 2.74. The molecule has 0 amide bonds. The van der Waals surface area contributed by atoms with E-state index in [9.17, 15) is 0 Å². The van der Waals surface area contributed by atoms with E-state index in [2.05, 4.69) is 41.4 Å². The summed E-state index contributed by atoms with van der Waals surface area (Å²) in [5.74, 6) is 0.868. The van der Waals surface area contributed by atoms with Crippen molar-refractivity contribution >= 4 is 35.3 Å². The molecule has 0 spiro atoms. The number of rotatable bonds is 3. The number of nitrogens with zero attached hydrogens (tertiary/aromatic N) is 1. The van der Waals surface area contributed by atoms with Crippen molar-refractivity contribution in [3.05, 3.63) is 28.1 Å². The first kappa shape index (κ1) is 10.2. The Hall–Kier alpha value is -0.320. The smallest absolute Gasteiger partial charge is 0.133 e. The minimum Gasteiger partial charge on any atom is -0.240 e. The summed E-state index contributed by atoms with van der Waals surface area (Å²) in [5, 5.41) is 5.39. The van der Waals surface area contributed by atoms with Crippen LogP contribution in [0.4, 0.5) is 0 Å². The quantitative estimate of drug-likeness (QED) is 0.809. The standard InChI is InChI=1S/C10H11NS3/c1-7-3-5-13-9(7)10-11-8(2-4-12)6-14-10/h3,5-6,12H,2,4H2,1H3. The lowest BCUT2D eigenvalue weighted by Gasteiger charge is -1.92. The number of thiazole rings is 1. The molecule has 0 aliphatic heterocycles. The first-order valence-corrected chi connectivity index (χ1v) is 6.80. The van der Waals surface area contributed by atoms with E-state index in [0.29, 0.717) is 0 Å². The Kier molecular flexibility index (Phi) is 3.26. The van der Waals surface area contributed by atoms with Crippen LogP contribution in [0.15, 0.2) is 16.8 Å². The van der Waals surface area contributed by atoms with Crippen molar-refractivity contribution in [2.45, 2.75) is 13.3 Å². The van der Waals surface area contributed by atoms with Crippen molar-refractivity contribution in [1.82, 2.24) is 4.98 Å². The molecule has 0 aliphatic rings. The van der Waals surface area contributed by atoms with Crippen LogP contribution < -0.4 is 0 Å². The summed E-state index contributed by atoms with van der Waals surface area (Å²) >= 11 is 7.69. The zero-order valence-electron chi connectivity index (χ0n) is 7.86. The molecule has 0 saturated carbocycles. The number of thiophene rings is 1. The van der Waals surface area contributed by atoms with E-state index >= 15 is 0 Å². The van der Waals surface area contributed by atoms with Gasteiger partial charge in [0.2, 0.25) is 0 Å². The highest BCUT2D eigenvalue weighted by molar-refractivity contribution is 7.80. The van der Waals surface area contributed by atoms with Crippen molar-refractivity contribution in [1.29, 1.82) is 0 Å². The third kappa shape index (κ3) is 2.02. The number of hydrogen-bond donors (Lipinski definition) is 1. The minimum atomic E-state index is 0.868. The van der Waals surface area contributed by atoms with Crippen molar-refractivity contribution in [2.75, 3.05) is 5.75 Å². The molecule has 1 nitrogen and oxygen atoms in total. The van der Waals surface area contributed by atoms with Crippen LogP contribution in [0.2, 0.25) is 0 Å². The third-order valence-corrected chi connectivity index (χ3v) is 4.26. The Morgan fingerprint density at radius 1 is 1.43 bits per heavy atom. The molecule has 0 aromatic carbocycles. The van der Waals surface area contributed by atoms with Gasteiger partial charge in [-0.3, -0.25) is 0 Å². The van der Waals surface area contributed by atoms with Gasteiger partial charge in [-0.1, -0.05) is 0 Å². The molecular weight excluding hydrogens is 230 g/mol. The fraction of sp³-hybridized carbons (Fsp3) is 0.300. The maximum atomic E-state index is 4.58. The van der Waals surface area contributed by atoms with Crippen molar-refractivity contribution in [3.63, 3.8) is 0 Å². The van der Waals surface area contributed by atoms with Crippen LogP contribution in [0.1, 0.15) is 11.3 Å². The summed E-state index contributed by atoms with van der Waals surface area (Å²) in [6.07, 6.45) is 0.962.